The van der Waals surface area contributed by atoms with Gasteiger partial charge in [0.1, 0.15) is 0 Å². The molecule has 1 amide bonds. The Kier molecular flexibility index (Phi) is 50.1. The summed E-state index contributed by atoms with van der Waals surface area (Å²) in [5.41, 5.74) is 0. The molecule has 0 rings (SSSR count). The van der Waals surface area contributed by atoms with E-state index in [1.165, 1.54) is 186 Å². The van der Waals surface area contributed by atoms with Crippen LogP contribution in [0.2, 0.25) is 0 Å². The fourth-order valence-electron chi connectivity index (χ4n) is 8.15. The first-order valence-electron chi connectivity index (χ1n) is 27.3. The molecule has 0 bridgehead atoms. The Bertz CT molecular complexity index is 1010. The summed E-state index contributed by atoms with van der Waals surface area (Å²) in [6.07, 6.45) is 62.9. The maximum Gasteiger partial charge on any atom is 0.305 e. The molecule has 0 saturated carbocycles. The Hall–Kier alpha value is -1.92. The van der Waals surface area contributed by atoms with Gasteiger partial charge in [-0.25, -0.2) is 0 Å². The molecular weight excluding hydrogens is 767 g/mol. The first-order valence-corrected chi connectivity index (χ1v) is 27.3. The van der Waals surface area contributed by atoms with E-state index in [1.54, 1.807) is 6.08 Å². The van der Waals surface area contributed by atoms with Crippen LogP contribution in [0.4, 0.5) is 0 Å². The number of hydrogen-bond donors (Lipinski definition) is 3. The highest BCUT2D eigenvalue weighted by molar-refractivity contribution is 5.76. The lowest BCUT2D eigenvalue weighted by molar-refractivity contribution is -0.143. The van der Waals surface area contributed by atoms with Crippen LogP contribution in [0, 0.1) is 0 Å². The number of rotatable bonds is 50. The van der Waals surface area contributed by atoms with E-state index in [2.05, 4.69) is 43.5 Å². The Morgan fingerprint density at radius 1 is 0.435 bits per heavy atom. The van der Waals surface area contributed by atoms with Gasteiger partial charge in [-0.1, -0.05) is 224 Å². The van der Waals surface area contributed by atoms with Gasteiger partial charge >= 0.3 is 5.97 Å². The van der Waals surface area contributed by atoms with E-state index in [4.69, 9.17) is 4.74 Å². The molecule has 0 fully saturated rings. The van der Waals surface area contributed by atoms with Gasteiger partial charge in [-0.3, -0.25) is 9.59 Å². The third-order valence-electron chi connectivity index (χ3n) is 12.4. The highest BCUT2D eigenvalue weighted by atomic mass is 16.5. The van der Waals surface area contributed by atoms with Crippen LogP contribution in [-0.4, -0.2) is 47.4 Å². The Morgan fingerprint density at radius 3 is 1.15 bits per heavy atom. The fourth-order valence-corrected chi connectivity index (χ4v) is 8.15. The summed E-state index contributed by atoms with van der Waals surface area (Å²) < 4.78 is 5.46. The molecule has 0 aliphatic rings. The van der Waals surface area contributed by atoms with E-state index in [9.17, 15) is 19.8 Å². The van der Waals surface area contributed by atoms with Crippen molar-refractivity contribution in [1.82, 2.24) is 5.32 Å². The lowest BCUT2D eigenvalue weighted by Gasteiger charge is -2.20. The normalized spacial score (nSPS) is 12.9. The summed E-state index contributed by atoms with van der Waals surface area (Å²) in [6, 6.07) is -0.639. The van der Waals surface area contributed by atoms with Crippen LogP contribution < -0.4 is 5.32 Å². The van der Waals surface area contributed by atoms with Gasteiger partial charge in [0.05, 0.1) is 25.4 Å². The molecule has 0 aromatic heterocycles. The number of carbonyl (C=O) groups excluding carboxylic acids is 2. The molecule has 0 aromatic rings. The van der Waals surface area contributed by atoms with Crippen LogP contribution in [-0.2, 0) is 14.3 Å². The quantitative estimate of drug-likeness (QED) is 0.0321. The van der Waals surface area contributed by atoms with Crippen LogP contribution >= 0.6 is 0 Å². The second kappa shape index (κ2) is 51.7. The van der Waals surface area contributed by atoms with Crippen LogP contribution in [0.3, 0.4) is 0 Å². The second-order valence-corrected chi connectivity index (χ2v) is 18.5. The summed E-state index contributed by atoms with van der Waals surface area (Å²) >= 11 is 0. The SMILES string of the molecule is CCCCCCCCC/C=C\CCCCCCCC(=O)OCCCCCC/C=C\CCCCCCCCCC(=O)NC(CO)C(O)/C=C/CCCCCCCCCCCCCC. The smallest absolute Gasteiger partial charge is 0.305 e. The van der Waals surface area contributed by atoms with Crippen LogP contribution in [0.15, 0.2) is 36.5 Å². The highest BCUT2D eigenvalue weighted by Gasteiger charge is 2.18. The van der Waals surface area contributed by atoms with Gasteiger partial charge in [0, 0.05) is 12.8 Å². The number of amides is 1. The standard InChI is InChI=1S/C56H105NO5/c1-3-5-7-9-11-13-15-17-19-22-26-30-34-38-42-46-50-56(61)62-51-47-43-39-35-31-27-23-20-21-25-29-33-37-41-45-49-55(60)57-53(52-58)54(59)48-44-40-36-32-28-24-18-16-14-12-10-8-6-4-2/h19,22-23,27,44,48,53-54,58-59H,3-18,20-21,24-26,28-43,45-47,49-52H2,1-2H3,(H,57,60)/b22-19-,27-23-,48-44+. The van der Waals surface area contributed by atoms with Crippen molar-refractivity contribution in [2.24, 2.45) is 0 Å². The molecule has 6 nitrogen and oxygen atoms in total. The number of esters is 1. The predicted molar refractivity (Wildman–Crippen MR) is 269 cm³/mol. The van der Waals surface area contributed by atoms with E-state index in [-0.39, 0.29) is 18.5 Å². The summed E-state index contributed by atoms with van der Waals surface area (Å²) in [7, 11) is 0. The number of ether oxygens (including phenoxy) is 1. The lowest BCUT2D eigenvalue weighted by atomic mass is 10.0. The molecule has 3 N–H and O–H groups in total. The van der Waals surface area contributed by atoms with Gasteiger partial charge in [0.2, 0.25) is 5.91 Å². The molecule has 0 aliphatic carbocycles. The topological polar surface area (TPSA) is 95.9 Å². The minimum absolute atomic E-state index is 0.0190. The highest BCUT2D eigenvalue weighted by Crippen LogP contribution is 2.15. The fraction of sp³-hybridized carbons (Fsp3) is 0.857. The van der Waals surface area contributed by atoms with Gasteiger partial charge in [-0.15, -0.1) is 0 Å². The average Bonchev–Trinajstić information content (AvgIpc) is 3.27. The molecule has 62 heavy (non-hydrogen) atoms. The molecule has 0 aromatic carbocycles. The molecule has 364 valence electrons. The monoisotopic (exact) mass is 872 g/mol. The Morgan fingerprint density at radius 2 is 0.758 bits per heavy atom. The van der Waals surface area contributed by atoms with Crippen LogP contribution in [0.25, 0.3) is 0 Å². The van der Waals surface area contributed by atoms with Crippen molar-refractivity contribution >= 4 is 11.9 Å². The molecule has 2 unspecified atom stereocenters. The maximum absolute atomic E-state index is 12.4. The van der Waals surface area contributed by atoms with Crippen molar-refractivity contribution in [3.8, 4) is 0 Å². The molecule has 0 heterocycles. The lowest BCUT2D eigenvalue weighted by Crippen LogP contribution is -2.45. The van der Waals surface area contributed by atoms with Gasteiger partial charge in [-0.05, 0) is 83.5 Å². The summed E-state index contributed by atoms with van der Waals surface area (Å²) in [5.74, 6) is -0.103. The minimum atomic E-state index is -0.854. The van der Waals surface area contributed by atoms with Crippen molar-refractivity contribution in [2.75, 3.05) is 13.2 Å². The average molecular weight is 872 g/mol. The zero-order valence-electron chi connectivity index (χ0n) is 41.4. The molecule has 0 radical (unpaired) electrons. The zero-order valence-corrected chi connectivity index (χ0v) is 41.4. The third-order valence-corrected chi connectivity index (χ3v) is 12.4. The summed E-state index contributed by atoms with van der Waals surface area (Å²) in [5, 5.41) is 23.0. The number of unbranched alkanes of at least 4 members (excludes halogenated alkanes) is 35. The van der Waals surface area contributed by atoms with Crippen molar-refractivity contribution in [3.05, 3.63) is 36.5 Å². The summed E-state index contributed by atoms with van der Waals surface area (Å²) in [6.45, 7) is 4.86. The summed E-state index contributed by atoms with van der Waals surface area (Å²) in [4.78, 5) is 24.5. The van der Waals surface area contributed by atoms with Crippen LogP contribution in [0.5, 0.6) is 0 Å². The van der Waals surface area contributed by atoms with Crippen molar-refractivity contribution in [3.63, 3.8) is 0 Å². The zero-order chi connectivity index (χ0) is 45.1. The van der Waals surface area contributed by atoms with E-state index in [0.29, 0.717) is 19.4 Å². The van der Waals surface area contributed by atoms with Gasteiger partial charge in [0.15, 0.2) is 0 Å². The molecule has 0 spiro atoms. The van der Waals surface area contributed by atoms with E-state index >= 15 is 0 Å². The molecular formula is C56H105NO5. The van der Waals surface area contributed by atoms with E-state index in [0.717, 1.165) is 70.6 Å². The number of carbonyl (C=O) groups is 2. The molecule has 2 atom stereocenters. The largest absolute Gasteiger partial charge is 0.466 e. The van der Waals surface area contributed by atoms with Crippen molar-refractivity contribution in [1.29, 1.82) is 0 Å². The maximum atomic E-state index is 12.4. The number of hydrogen-bond acceptors (Lipinski definition) is 5. The van der Waals surface area contributed by atoms with E-state index < -0.39 is 12.1 Å². The van der Waals surface area contributed by atoms with Crippen LogP contribution in [0.1, 0.15) is 284 Å². The number of aliphatic hydroxyl groups is 2. The Balaban J connectivity index is 3.50. The number of allylic oxidation sites excluding steroid dienone is 5. The minimum Gasteiger partial charge on any atom is -0.466 e. The Labute approximate surface area is 385 Å². The van der Waals surface area contributed by atoms with Gasteiger partial charge in [-0.2, -0.15) is 0 Å². The molecule has 0 aliphatic heterocycles. The van der Waals surface area contributed by atoms with Gasteiger partial charge < -0.3 is 20.3 Å². The third kappa shape index (κ3) is 47.6. The number of nitrogens with one attached hydrogen (secondary N) is 1. The van der Waals surface area contributed by atoms with Crippen molar-refractivity contribution in [2.45, 2.75) is 296 Å². The second-order valence-electron chi connectivity index (χ2n) is 18.5. The predicted octanol–water partition coefficient (Wildman–Crippen LogP) is 16.5. The van der Waals surface area contributed by atoms with Crippen molar-refractivity contribution < 1.29 is 24.5 Å². The first-order chi connectivity index (χ1) is 30.5. The van der Waals surface area contributed by atoms with E-state index in [1.807, 2.05) is 6.08 Å². The number of aliphatic hydroxyl groups excluding tert-OH is 2. The first kappa shape index (κ1) is 60.1. The van der Waals surface area contributed by atoms with Gasteiger partial charge in [0.25, 0.3) is 0 Å². The molecule has 0 saturated heterocycles. The molecule has 6 heteroatoms.